The van der Waals surface area contributed by atoms with Crippen molar-refractivity contribution in [3.8, 4) is 0 Å². The predicted octanol–water partition coefficient (Wildman–Crippen LogP) is 5.98. The molecule has 0 radical (unpaired) electrons. The number of benzene rings is 2. The molecule has 4 rings (SSSR count). The van der Waals surface area contributed by atoms with Crippen LogP contribution < -0.4 is 10.2 Å². The Morgan fingerprint density at radius 2 is 1.82 bits per heavy atom. The van der Waals surface area contributed by atoms with Crippen LogP contribution in [0.4, 0.5) is 24.9 Å². The summed E-state index contributed by atoms with van der Waals surface area (Å²) >= 11 is 3.21. The van der Waals surface area contributed by atoms with E-state index in [1.807, 2.05) is 43.3 Å². The molecule has 34 heavy (non-hydrogen) atoms. The fourth-order valence-electron chi connectivity index (χ4n) is 4.33. The van der Waals surface area contributed by atoms with Gasteiger partial charge in [0.25, 0.3) is 0 Å². The number of alkyl halides is 2. The fourth-order valence-corrected chi connectivity index (χ4v) is 4.66. The molecule has 182 valence electrons. The summed E-state index contributed by atoms with van der Waals surface area (Å²) in [5.74, 6) is 0.913. The molecule has 10 heteroatoms. The van der Waals surface area contributed by atoms with Crippen LogP contribution in [-0.4, -0.2) is 47.8 Å². The average molecular weight is 538 g/mol. The van der Waals surface area contributed by atoms with Gasteiger partial charge in [0.1, 0.15) is 11.6 Å². The minimum Gasteiger partial charge on any atom is -0.362 e. The summed E-state index contributed by atoms with van der Waals surface area (Å²) < 4.78 is 41.1. The molecule has 3 aromatic rings. The highest BCUT2D eigenvalue weighted by Crippen LogP contribution is 2.30. The number of anilines is 2. The Morgan fingerprint density at radius 3 is 2.50 bits per heavy atom. The Morgan fingerprint density at radius 1 is 1.09 bits per heavy atom. The van der Waals surface area contributed by atoms with Crippen LogP contribution in [0.15, 0.2) is 46.9 Å². The Labute approximate surface area is 205 Å². The number of rotatable bonds is 8. The first-order valence-electron chi connectivity index (χ1n) is 11.2. The first-order chi connectivity index (χ1) is 16.3. The highest BCUT2D eigenvalue weighted by molar-refractivity contribution is 9.10. The summed E-state index contributed by atoms with van der Waals surface area (Å²) in [6.45, 7) is -3.02. The van der Waals surface area contributed by atoms with Crippen molar-refractivity contribution >= 4 is 38.6 Å². The third kappa shape index (κ3) is 5.97. The topological polar surface area (TPSA) is 53.5 Å². The molecule has 0 spiro atoms. The van der Waals surface area contributed by atoms with Crippen LogP contribution in [0.1, 0.15) is 31.2 Å². The summed E-state index contributed by atoms with van der Waals surface area (Å²) in [6.07, 6.45) is 2.70. The molecule has 1 heterocycles. The molecular formula is C24H27BrF3N5O. The van der Waals surface area contributed by atoms with Gasteiger partial charge in [0.05, 0.1) is 12.1 Å². The Bertz CT molecular complexity index is 1120. The van der Waals surface area contributed by atoms with Crippen LogP contribution in [0.2, 0.25) is 0 Å². The van der Waals surface area contributed by atoms with E-state index in [9.17, 15) is 13.2 Å². The van der Waals surface area contributed by atoms with E-state index >= 15 is 0 Å². The maximum atomic E-state index is 14.3. The number of hydrogen-bond donors (Lipinski definition) is 1. The quantitative estimate of drug-likeness (QED) is 0.357. The second-order valence-electron chi connectivity index (χ2n) is 8.61. The van der Waals surface area contributed by atoms with E-state index in [0.717, 1.165) is 29.6 Å². The molecule has 0 aliphatic heterocycles. The number of hydrogen-bond acceptors (Lipinski definition) is 6. The van der Waals surface area contributed by atoms with Crippen LogP contribution in [0.25, 0.3) is 10.9 Å². The van der Waals surface area contributed by atoms with Crippen molar-refractivity contribution in [1.29, 1.82) is 0 Å². The average Bonchev–Trinajstić information content (AvgIpc) is 2.80. The van der Waals surface area contributed by atoms with Crippen LogP contribution in [0.3, 0.4) is 0 Å². The summed E-state index contributed by atoms with van der Waals surface area (Å²) in [4.78, 5) is 16.1. The van der Waals surface area contributed by atoms with Gasteiger partial charge in [-0.2, -0.15) is 18.8 Å². The lowest BCUT2D eigenvalue weighted by molar-refractivity contribution is -0.306. The monoisotopic (exact) mass is 537 g/mol. The number of fused-ring (bicyclic) bond motifs is 1. The Hall–Kier alpha value is -2.43. The van der Waals surface area contributed by atoms with Crippen molar-refractivity contribution < 1.29 is 18.0 Å². The molecule has 1 fully saturated rings. The number of hydroxylamine groups is 2. The minimum atomic E-state index is -2.97. The second kappa shape index (κ2) is 10.9. The van der Waals surface area contributed by atoms with Gasteiger partial charge >= 0.3 is 6.61 Å². The van der Waals surface area contributed by atoms with E-state index in [4.69, 9.17) is 4.84 Å². The molecule has 0 saturated heterocycles. The van der Waals surface area contributed by atoms with Crippen molar-refractivity contribution in [2.45, 2.75) is 50.9 Å². The predicted molar refractivity (Wildman–Crippen MR) is 130 cm³/mol. The van der Waals surface area contributed by atoms with Crippen molar-refractivity contribution in [2.75, 3.05) is 24.3 Å². The smallest absolute Gasteiger partial charge is 0.360 e. The molecule has 1 N–H and O–H groups in total. The minimum absolute atomic E-state index is 0.0494. The van der Waals surface area contributed by atoms with E-state index in [1.54, 1.807) is 12.1 Å². The summed E-state index contributed by atoms with van der Waals surface area (Å²) in [5.41, 5.74) is 1.16. The third-order valence-corrected chi connectivity index (χ3v) is 6.49. The van der Waals surface area contributed by atoms with Gasteiger partial charge in [-0.1, -0.05) is 34.1 Å². The molecule has 2 aromatic carbocycles. The zero-order valence-electron chi connectivity index (χ0n) is 19.0. The SMILES string of the molecule is CN(C)c1nc(NC2CCC(N(Cc3ccc(Br)cc3F)OC(F)F)CC2)nc2ccccc12. The van der Waals surface area contributed by atoms with Gasteiger partial charge in [0.2, 0.25) is 5.95 Å². The van der Waals surface area contributed by atoms with Crippen molar-refractivity contribution in [3.63, 3.8) is 0 Å². The van der Waals surface area contributed by atoms with Crippen molar-refractivity contribution in [3.05, 3.63) is 58.3 Å². The largest absolute Gasteiger partial charge is 0.362 e. The molecule has 6 nitrogen and oxygen atoms in total. The molecule has 1 aliphatic rings. The molecule has 1 aromatic heterocycles. The number of nitrogens with one attached hydrogen (secondary N) is 1. The van der Waals surface area contributed by atoms with E-state index in [1.165, 1.54) is 11.1 Å². The van der Waals surface area contributed by atoms with Crippen molar-refractivity contribution in [1.82, 2.24) is 15.0 Å². The lowest BCUT2D eigenvalue weighted by atomic mass is 9.91. The van der Waals surface area contributed by atoms with Gasteiger partial charge in [0, 0.05) is 41.6 Å². The van der Waals surface area contributed by atoms with E-state index < -0.39 is 12.4 Å². The lowest BCUT2D eigenvalue weighted by Gasteiger charge is -2.36. The maximum Gasteiger partial charge on any atom is 0.360 e. The van der Waals surface area contributed by atoms with E-state index in [2.05, 4.69) is 31.2 Å². The van der Waals surface area contributed by atoms with E-state index in [0.29, 0.717) is 28.8 Å². The summed E-state index contributed by atoms with van der Waals surface area (Å²) in [6, 6.07) is 12.3. The number of aromatic nitrogens is 2. The van der Waals surface area contributed by atoms with Gasteiger partial charge in [-0.15, -0.1) is 0 Å². The Kier molecular flexibility index (Phi) is 7.90. The molecule has 0 unspecified atom stereocenters. The van der Waals surface area contributed by atoms with Gasteiger partial charge in [-0.25, -0.2) is 14.2 Å². The van der Waals surface area contributed by atoms with Crippen LogP contribution in [0.5, 0.6) is 0 Å². The molecule has 1 saturated carbocycles. The van der Waals surface area contributed by atoms with Gasteiger partial charge in [0.15, 0.2) is 0 Å². The van der Waals surface area contributed by atoms with Crippen molar-refractivity contribution in [2.24, 2.45) is 0 Å². The highest BCUT2D eigenvalue weighted by atomic mass is 79.9. The number of nitrogens with zero attached hydrogens (tertiary/aromatic N) is 4. The first kappa shape index (κ1) is 24.7. The zero-order chi connectivity index (χ0) is 24.2. The van der Waals surface area contributed by atoms with Crippen LogP contribution >= 0.6 is 15.9 Å². The second-order valence-corrected chi connectivity index (χ2v) is 9.52. The zero-order valence-corrected chi connectivity index (χ0v) is 20.6. The van der Waals surface area contributed by atoms with Gasteiger partial charge in [-0.3, -0.25) is 0 Å². The first-order valence-corrected chi connectivity index (χ1v) is 12.0. The molecular weight excluding hydrogens is 511 g/mol. The maximum absolute atomic E-state index is 14.3. The lowest BCUT2D eigenvalue weighted by Crippen LogP contribution is -2.41. The molecule has 0 atom stereocenters. The third-order valence-electron chi connectivity index (χ3n) is 6.00. The normalized spacial score (nSPS) is 18.6. The molecule has 1 aliphatic carbocycles. The summed E-state index contributed by atoms with van der Waals surface area (Å²) in [7, 11) is 3.88. The molecule has 0 bridgehead atoms. The van der Waals surface area contributed by atoms with Gasteiger partial charge < -0.3 is 10.2 Å². The summed E-state index contributed by atoms with van der Waals surface area (Å²) in [5, 5.41) is 5.61. The van der Waals surface area contributed by atoms with Gasteiger partial charge in [-0.05, 0) is 49.9 Å². The fraction of sp³-hybridized carbons (Fsp3) is 0.417. The van der Waals surface area contributed by atoms with E-state index in [-0.39, 0.29) is 18.6 Å². The highest BCUT2D eigenvalue weighted by Gasteiger charge is 2.29. The van der Waals surface area contributed by atoms with Crippen LogP contribution in [-0.2, 0) is 11.4 Å². The van der Waals surface area contributed by atoms with Crippen LogP contribution in [0, 0.1) is 5.82 Å². The number of halogens is 4. The number of para-hydroxylation sites is 1. The Balaban J connectivity index is 1.43. The molecule has 0 amide bonds. The standard InChI is InChI=1S/C24H27BrF3N5O/c1-32(2)22-19-5-3-4-6-21(19)30-24(31-22)29-17-9-11-18(12-10-17)33(34-23(27)28)14-15-7-8-16(25)13-20(15)26/h3-8,13,17-18,23H,9-12,14H2,1-2H3,(H,29,30,31).